The normalized spacial score (nSPS) is 13.0. The van der Waals surface area contributed by atoms with E-state index in [1.54, 1.807) is 24.3 Å². The van der Waals surface area contributed by atoms with Gasteiger partial charge in [0.2, 0.25) is 0 Å². The maximum Gasteiger partial charge on any atom is 0.259 e. The van der Waals surface area contributed by atoms with Crippen molar-refractivity contribution >= 4 is 11.8 Å². The fourth-order valence-corrected chi connectivity index (χ4v) is 2.63. The highest BCUT2D eigenvalue weighted by molar-refractivity contribution is 6.22. The molecule has 1 aliphatic heterocycles. The summed E-state index contributed by atoms with van der Waals surface area (Å²) < 4.78 is 18.9. The number of imide groups is 1. The van der Waals surface area contributed by atoms with Gasteiger partial charge in [-0.2, -0.15) is 0 Å². The van der Waals surface area contributed by atoms with Crippen LogP contribution in [0.15, 0.2) is 36.4 Å². The SMILES string of the molecule is NCCc1c(OCc2cccc(F)c2)ccc2c1C(=O)NC2=O. The highest BCUT2D eigenvalue weighted by atomic mass is 19.1. The number of hydrogen-bond donors (Lipinski definition) is 2. The molecule has 2 aromatic carbocycles. The molecule has 6 heteroatoms. The Bertz CT molecular complexity index is 789. The number of nitrogens with two attached hydrogens (primary N) is 1. The van der Waals surface area contributed by atoms with Gasteiger partial charge in [0.05, 0.1) is 11.1 Å². The quantitative estimate of drug-likeness (QED) is 0.825. The monoisotopic (exact) mass is 314 g/mol. The average Bonchev–Trinajstić information content (AvgIpc) is 2.81. The van der Waals surface area contributed by atoms with Gasteiger partial charge in [-0.1, -0.05) is 12.1 Å². The molecule has 2 amide bonds. The summed E-state index contributed by atoms with van der Waals surface area (Å²) in [6.45, 7) is 0.470. The molecule has 0 radical (unpaired) electrons. The summed E-state index contributed by atoms with van der Waals surface area (Å²) in [6.07, 6.45) is 0.405. The smallest absolute Gasteiger partial charge is 0.259 e. The first-order valence-corrected chi connectivity index (χ1v) is 7.19. The number of benzene rings is 2. The highest BCUT2D eigenvalue weighted by Gasteiger charge is 2.31. The topological polar surface area (TPSA) is 81.4 Å². The first kappa shape index (κ1) is 15.2. The number of fused-ring (bicyclic) bond motifs is 1. The Morgan fingerprint density at radius 1 is 1.13 bits per heavy atom. The molecule has 0 fully saturated rings. The van der Waals surface area contributed by atoms with E-state index >= 15 is 0 Å². The molecule has 1 aliphatic rings. The third-order valence-corrected chi connectivity index (χ3v) is 3.65. The molecule has 118 valence electrons. The van der Waals surface area contributed by atoms with E-state index in [1.807, 2.05) is 0 Å². The molecule has 1 heterocycles. The lowest BCUT2D eigenvalue weighted by atomic mass is 9.99. The molecule has 5 nitrogen and oxygen atoms in total. The molecule has 23 heavy (non-hydrogen) atoms. The van der Waals surface area contributed by atoms with Gasteiger partial charge in [-0.15, -0.1) is 0 Å². The van der Waals surface area contributed by atoms with Gasteiger partial charge in [0.25, 0.3) is 11.8 Å². The lowest BCUT2D eigenvalue weighted by Gasteiger charge is -2.13. The molecule has 0 atom stereocenters. The Kier molecular flexibility index (Phi) is 4.08. The van der Waals surface area contributed by atoms with Crippen molar-refractivity contribution in [2.24, 2.45) is 5.73 Å². The highest BCUT2D eigenvalue weighted by Crippen LogP contribution is 2.29. The second-order valence-electron chi connectivity index (χ2n) is 5.21. The van der Waals surface area contributed by atoms with Crippen molar-refractivity contribution in [3.05, 3.63) is 64.5 Å². The summed E-state index contributed by atoms with van der Waals surface area (Å²) in [4.78, 5) is 23.7. The zero-order valence-corrected chi connectivity index (χ0v) is 12.3. The number of amides is 2. The number of ether oxygens (including phenoxy) is 1. The zero-order chi connectivity index (χ0) is 16.4. The Labute approximate surface area is 132 Å². The Morgan fingerprint density at radius 2 is 1.96 bits per heavy atom. The third-order valence-electron chi connectivity index (χ3n) is 3.65. The van der Waals surface area contributed by atoms with E-state index < -0.39 is 11.8 Å². The number of hydrogen-bond acceptors (Lipinski definition) is 4. The number of carbonyl (C=O) groups is 2. The number of halogens is 1. The zero-order valence-electron chi connectivity index (χ0n) is 12.3. The predicted octanol–water partition coefficient (Wildman–Crippen LogP) is 1.79. The summed E-state index contributed by atoms with van der Waals surface area (Å²) in [6, 6.07) is 9.28. The van der Waals surface area contributed by atoms with Crippen LogP contribution in [0.5, 0.6) is 5.75 Å². The first-order chi connectivity index (χ1) is 11.1. The molecule has 0 bridgehead atoms. The van der Waals surface area contributed by atoms with Crippen LogP contribution in [-0.4, -0.2) is 18.4 Å². The van der Waals surface area contributed by atoms with E-state index in [0.29, 0.717) is 41.0 Å². The molecule has 2 aromatic rings. The number of nitrogens with one attached hydrogen (secondary N) is 1. The van der Waals surface area contributed by atoms with E-state index in [0.717, 1.165) is 0 Å². The Morgan fingerprint density at radius 3 is 2.70 bits per heavy atom. The van der Waals surface area contributed by atoms with Crippen molar-refractivity contribution in [3.63, 3.8) is 0 Å². The molecule has 0 saturated carbocycles. The van der Waals surface area contributed by atoms with Gasteiger partial charge in [-0.3, -0.25) is 14.9 Å². The lowest BCUT2D eigenvalue weighted by molar-refractivity contribution is 0.0879. The summed E-state index contributed by atoms with van der Waals surface area (Å²) in [5.41, 5.74) is 7.53. The van der Waals surface area contributed by atoms with Crippen molar-refractivity contribution in [1.29, 1.82) is 0 Å². The van der Waals surface area contributed by atoms with Gasteiger partial charge in [0.15, 0.2) is 0 Å². The van der Waals surface area contributed by atoms with Crippen LogP contribution in [0.25, 0.3) is 0 Å². The minimum absolute atomic E-state index is 0.156. The van der Waals surface area contributed by atoms with Gasteiger partial charge < -0.3 is 10.5 Å². The second-order valence-corrected chi connectivity index (χ2v) is 5.21. The van der Waals surface area contributed by atoms with E-state index in [9.17, 15) is 14.0 Å². The molecule has 0 spiro atoms. The van der Waals surface area contributed by atoms with Gasteiger partial charge in [-0.05, 0) is 42.8 Å². The maximum absolute atomic E-state index is 13.2. The van der Waals surface area contributed by atoms with E-state index in [2.05, 4.69) is 5.32 Å². The molecule has 0 aliphatic carbocycles. The number of rotatable bonds is 5. The van der Waals surface area contributed by atoms with Gasteiger partial charge in [0, 0.05) is 5.56 Å². The van der Waals surface area contributed by atoms with Gasteiger partial charge in [0.1, 0.15) is 18.2 Å². The molecular weight excluding hydrogens is 299 g/mol. The standard InChI is InChI=1S/C17H15FN2O3/c18-11-3-1-2-10(8-11)9-23-14-5-4-13-15(12(14)6-7-19)17(22)20-16(13)21/h1-5,8H,6-7,9,19H2,(H,20,21,22). The predicted molar refractivity (Wildman–Crippen MR) is 81.7 cm³/mol. The Balaban J connectivity index is 1.92. The third kappa shape index (κ3) is 2.93. The van der Waals surface area contributed by atoms with Crippen LogP contribution in [-0.2, 0) is 13.0 Å². The summed E-state index contributed by atoms with van der Waals surface area (Å²) in [5.74, 6) is -0.722. The average molecular weight is 314 g/mol. The molecule has 3 N–H and O–H groups in total. The van der Waals surface area contributed by atoms with Crippen molar-refractivity contribution in [2.75, 3.05) is 6.54 Å². The van der Waals surface area contributed by atoms with Crippen LogP contribution in [0.4, 0.5) is 4.39 Å². The van der Waals surface area contributed by atoms with Crippen molar-refractivity contribution in [2.45, 2.75) is 13.0 Å². The lowest BCUT2D eigenvalue weighted by Crippen LogP contribution is -2.20. The minimum Gasteiger partial charge on any atom is -0.489 e. The Hall–Kier alpha value is -2.73. The first-order valence-electron chi connectivity index (χ1n) is 7.19. The molecular formula is C17H15FN2O3. The van der Waals surface area contributed by atoms with Crippen molar-refractivity contribution in [1.82, 2.24) is 5.32 Å². The van der Waals surface area contributed by atoms with Crippen LogP contribution in [0.2, 0.25) is 0 Å². The van der Waals surface area contributed by atoms with Crippen molar-refractivity contribution < 1.29 is 18.7 Å². The molecule has 0 saturated heterocycles. The molecule has 0 unspecified atom stereocenters. The van der Waals surface area contributed by atoms with Crippen LogP contribution in [0.1, 0.15) is 31.8 Å². The van der Waals surface area contributed by atoms with E-state index in [4.69, 9.17) is 10.5 Å². The van der Waals surface area contributed by atoms with Crippen LogP contribution in [0.3, 0.4) is 0 Å². The largest absolute Gasteiger partial charge is 0.489 e. The molecule has 0 aromatic heterocycles. The van der Waals surface area contributed by atoms with Crippen LogP contribution >= 0.6 is 0 Å². The fraction of sp³-hybridized carbons (Fsp3) is 0.176. The van der Waals surface area contributed by atoms with E-state index in [-0.39, 0.29) is 12.4 Å². The van der Waals surface area contributed by atoms with Crippen LogP contribution < -0.4 is 15.8 Å². The van der Waals surface area contributed by atoms with Gasteiger partial charge >= 0.3 is 0 Å². The summed E-state index contributed by atoms with van der Waals surface area (Å²) >= 11 is 0. The van der Waals surface area contributed by atoms with E-state index in [1.165, 1.54) is 12.1 Å². The van der Waals surface area contributed by atoms with Crippen LogP contribution in [0, 0.1) is 5.82 Å². The molecule has 3 rings (SSSR count). The van der Waals surface area contributed by atoms with Crippen molar-refractivity contribution in [3.8, 4) is 5.75 Å². The second kappa shape index (κ2) is 6.18. The van der Waals surface area contributed by atoms with Gasteiger partial charge in [-0.25, -0.2) is 4.39 Å². The summed E-state index contributed by atoms with van der Waals surface area (Å²) in [5, 5.41) is 2.27. The summed E-state index contributed by atoms with van der Waals surface area (Å²) in [7, 11) is 0. The fourth-order valence-electron chi connectivity index (χ4n) is 2.63. The minimum atomic E-state index is -0.440. The number of carbonyl (C=O) groups excluding carboxylic acids is 2. The maximum atomic E-state index is 13.2.